The Kier molecular flexibility index (Phi) is 3.74. The number of fused-ring (bicyclic) bond motifs is 1. The molecule has 0 aliphatic carbocycles. The monoisotopic (exact) mass is 309 g/mol. The molecule has 3 heterocycles. The summed E-state index contributed by atoms with van der Waals surface area (Å²) in [4.78, 5) is 14.7. The van der Waals surface area contributed by atoms with Crippen LogP contribution in [0, 0.1) is 0 Å². The molecule has 2 aromatic heterocycles. The molecule has 0 aromatic carbocycles. The summed E-state index contributed by atoms with van der Waals surface area (Å²) in [6.07, 6.45) is 2.66. The maximum atomic E-state index is 6.11. The molecular weight excluding hydrogens is 297 g/mol. The number of rotatable bonds is 2. The lowest BCUT2D eigenvalue weighted by Crippen LogP contribution is -2.31. The molecule has 0 atom stereocenters. The lowest BCUT2D eigenvalue weighted by Gasteiger charge is -2.28. The predicted molar refractivity (Wildman–Crippen MR) is 78.5 cm³/mol. The van der Waals surface area contributed by atoms with E-state index >= 15 is 0 Å². The number of anilines is 1. The van der Waals surface area contributed by atoms with Crippen molar-refractivity contribution >= 4 is 29.2 Å². The zero-order chi connectivity index (χ0) is 14.1. The van der Waals surface area contributed by atoms with Crippen molar-refractivity contribution in [3.8, 4) is 0 Å². The third kappa shape index (κ3) is 2.85. The molecule has 2 aromatic rings. The molecule has 0 saturated heterocycles. The molecule has 0 radical (unpaired) electrons. The molecule has 0 spiro atoms. The number of nitrogens with zero attached hydrogens (tertiary/aromatic N) is 4. The van der Waals surface area contributed by atoms with Crippen molar-refractivity contribution in [1.29, 1.82) is 0 Å². The molecule has 0 bridgehead atoms. The van der Waals surface area contributed by atoms with E-state index < -0.39 is 0 Å². The van der Waals surface area contributed by atoms with E-state index in [9.17, 15) is 0 Å². The van der Waals surface area contributed by atoms with Crippen LogP contribution in [0.2, 0.25) is 10.3 Å². The standard InChI is InChI=1S/C13H13Cl2N5/c14-11-2-1-8(12(15)19-11)6-20-4-3-10-9(7-20)5-17-13(16)18-10/h1-2,5H,3-4,6-7H2,(H2,16,17,18). The number of hydrogen-bond donors (Lipinski definition) is 1. The van der Waals surface area contributed by atoms with Crippen molar-refractivity contribution in [3.05, 3.63) is 45.5 Å². The number of halogens is 2. The van der Waals surface area contributed by atoms with E-state index in [1.165, 1.54) is 0 Å². The van der Waals surface area contributed by atoms with Crippen molar-refractivity contribution in [2.24, 2.45) is 0 Å². The van der Waals surface area contributed by atoms with Crippen LogP contribution >= 0.6 is 23.2 Å². The summed E-state index contributed by atoms with van der Waals surface area (Å²) in [5.41, 5.74) is 8.72. The van der Waals surface area contributed by atoms with Gasteiger partial charge in [0, 0.05) is 43.4 Å². The average Bonchev–Trinajstić information content (AvgIpc) is 2.42. The molecule has 0 saturated carbocycles. The number of pyridine rings is 1. The molecule has 104 valence electrons. The summed E-state index contributed by atoms with van der Waals surface area (Å²) in [6, 6.07) is 3.66. The van der Waals surface area contributed by atoms with Crippen LogP contribution in [0.5, 0.6) is 0 Å². The third-order valence-electron chi connectivity index (χ3n) is 3.32. The van der Waals surface area contributed by atoms with Crippen LogP contribution in [0.15, 0.2) is 18.3 Å². The Morgan fingerprint density at radius 2 is 2.10 bits per heavy atom. The zero-order valence-electron chi connectivity index (χ0n) is 10.7. The van der Waals surface area contributed by atoms with Gasteiger partial charge in [-0.1, -0.05) is 29.3 Å². The number of hydrogen-bond acceptors (Lipinski definition) is 5. The fourth-order valence-corrected chi connectivity index (χ4v) is 2.73. The number of nitrogen functional groups attached to an aromatic ring is 1. The van der Waals surface area contributed by atoms with Crippen molar-refractivity contribution in [3.63, 3.8) is 0 Å². The molecule has 0 amide bonds. The van der Waals surface area contributed by atoms with E-state index in [4.69, 9.17) is 28.9 Å². The molecule has 2 N–H and O–H groups in total. The van der Waals surface area contributed by atoms with E-state index in [0.717, 1.165) is 42.9 Å². The first kappa shape index (κ1) is 13.5. The van der Waals surface area contributed by atoms with Gasteiger partial charge in [-0.15, -0.1) is 0 Å². The fraction of sp³-hybridized carbons (Fsp3) is 0.308. The SMILES string of the molecule is Nc1ncc2c(n1)CCN(Cc1ccc(Cl)nc1Cl)C2. The van der Waals surface area contributed by atoms with E-state index in [0.29, 0.717) is 16.3 Å². The Morgan fingerprint density at radius 3 is 2.90 bits per heavy atom. The molecule has 7 heteroatoms. The normalized spacial score (nSPS) is 15.1. The second-order valence-corrected chi connectivity index (χ2v) is 5.49. The number of nitrogens with two attached hydrogens (primary N) is 1. The van der Waals surface area contributed by atoms with Crippen molar-refractivity contribution in [2.45, 2.75) is 19.5 Å². The van der Waals surface area contributed by atoms with Gasteiger partial charge in [0.2, 0.25) is 5.95 Å². The van der Waals surface area contributed by atoms with Crippen LogP contribution in [0.3, 0.4) is 0 Å². The lowest BCUT2D eigenvalue weighted by atomic mass is 10.1. The first-order valence-corrected chi connectivity index (χ1v) is 7.01. The van der Waals surface area contributed by atoms with Crippen molar-refractivity contribution in [2.75, 3.05) is 12.3 Å². The van der Waals surface area contributed by atoms with E-state index in [-0.39, 0.29) is 0 Å². The lowest BCUT2D eigenvalue weighted by molar-refractivity contribution is 0.243. The van der Waals surface area contributed by atoms with Gasteiger partial charge >= 0.3 is 0 Å². The van der Waals surface area contributed by atoms with Crippen LogP contribution in [0.1, 0.15) is 16.8 Å². The van der Waals surface area contributed by atoms with Crippen LogP contribution in [0.4, 0.5) is 5.95 Å². The molecule has 1 aliphatic rings. The topological polar surface area (TPSA) is 67.9 Å². The van der Waals surface area contributed by atoms with E-state index in [1.807, 2.05) is 6.07 Å². The van der Waals surface area contributed by atoms with Gasteiger partial charge in [0.05, 0.1) is 5.69 Å². The summed E-state index contributed by atoms with van der Waals surface area (Å²) in [6.45, 7) is 2.42. The Bertz CT molecular complexity index is 647. The molecule has 20 heavy (non-hydrogen) atoms. The zero-order valence-corrected chi connectivity index (χ0v) is 12.2. The van der Waals surface area contributed by atoms with Gasteiger partial charge in [0.1, 0.15) is 10.3 Å². The summed E-state index contributed by atoms with van der Waals surface area (Å²) in [5, 5.41) is 0.864. The van der Waals surface area contributed by atoms with Gasteiger partial charge in [0.15, 0.2) is 0 Å². The highest BCUT2D eigenvalue weighted by molar-refractivity contribution is 6.32. The van der Waals surface area contributed by atoms with Crippen molar-refractivity contribution in [1.82, 2.24) is 19.9 Å². The molecule has 5 nitrogen and oxygen atoms in total. The molecular formula is C13H13Cl2N5. The predicted octanol–water partition coefficient (Wildman–Crippen LogP) is 2.32. The Labute approximate surface area is 126 Å². The van der Waals surface area contributed by atoms with Gasteiger partial charge in [-0.25, -0.2) is 15.0 Å². The molecule has 0 fully saturated rings. The first-order chi connectivity index (χ1) is 9.61. The van der Waals surface area contributed by atoms with E-state index in [1.54, 1.807) is 12.3 Å². The van der Waals surface area contributed by atoms with Crippen LogP contribution in [-0.4, -0.2) is 26.4 Å². The fourth-order valence-electron chi connectivity index (χ4n) is 2.32. The minimum Gasteiger partial charge on any atom is -0.368 e. The molecule has 0 unspecified atom stereocenters. The summed E-state index contributed by atoms with van der Waals surface area (Å²) in [5.74, 6) is 0.335. The summed E-state index contributed by atoms with van der Waals surface area (Å²) in [7, 11) is 0. The Balaban J connectivity index is 1.75. The second kappa shape index (κ2) is 5.52. The highest BCUT2D eigenvalue weighted by atomic mass is 35.5. The minimum absolute atomic E-state index is 0.335. The Morgan fingerprint density at radius 1 is 1.25 bits per heavy atom. The minimum atomic E-state index is 0.335. The number of aromatic nitrogens is 3. The van der Waals surface area contributed by atoms with E-state index in [2.05, 4.69) is 19.9 Å². The average molecular weight is 310 g/mol. The van der Waals surface area contributed by atoms with Crippen LogP contribution in [0.25, 0.3) is 0 Å². The summed E-state index contributed by atoms with van der Waals surface area (Å²) < 4.78 is 0. The van der Waals surface area contributed by atoms with Gasteiger partial charge in [-0.2, -0.15) is 0 Å². The van der Waals surface area contributed by atoms with Gasteiger partial charge in [0.25, 0.3) is 0 Å². The third-order valence-corrected chi connectivity index (χ3v) is 3.86. The second-order valence-electron chi connectivity index (χ2n) is 4.74. The maximum absolute atomic E-state index is 6.11. The maximum Gasteiger partial charge on any atom is 0.220 e. The van der Waals surface area contributed by atoms with Crippen LogP contribution in [-0.2, 0) is 19.5 Å². The quantitative estimate of drug-likeness (QED) is 0.862. The largest absolute Gasteiger partial charge is 0.368 e. The summed E-state index contributed by atoms with van der Waals surface area (Å²) >= 11 is 11.9. The first-order valence-electron chi connectivity index (χ1n) is 6.25. The van der Waals surface area contributed by atoms with Gasteiger partial charge in [-0.05, 0) is 6.07 Å². The van der Waals surface area contributed by atoms with Crippen molar-refractivity contribution < 1.29 is 0 Å². The molecule has 3 rings (SSSR count). The Hall–Kier alpha value is -1.43. The molecule has 1 aliphatic heterocycles. The highest BCUT2D eigenvalue weighted by Gasteiger charge is 2.19. The smallest absolute Gasteiger partial charge is 0.220 e. The van der Waals surface area contributed by atoms with Crippen LogP contribution < -0.4 is 5.73 Å². The van der Waals surface area contributed by atoms with Gasteiger partial charge < -0.3 is 5.73 Å². The van der Waals surface area contributed by atoms with Gasteiger partial charge in [-0.3, -0.25) is 4.90 Å². The highest BCUT2D eigenvalue weighted by Crippen LogP contribution is 2.22.